The van der Waals surface area contributed by atoms with E-state index in [1.807, 2.05) is 23.9 Å². The van der Waals surface area contributed by atoms with Crippen LogP contribution in [0.5, 0.6) is 0 Å². The maximum Gasteiger partial charge on any atom is 0.350 e. The van der Waals surface area contributed by atoms with E-state index in [1.165, 1.54) is 42.5 Å². The molecule has 1 saturated carbocycles. The Bertz CT molecular complexity index is 1270. The number of carbonyl (C=O) groups is 2. The zero-order valence-electron chi connectivity index (χ0n) is 20.6. The van der Waals surface area contributed by atoms with Gasteiger partial charge in [0.1, 0.15) is 15.8 Å². The van der Waals surface area contributed by atoms with Crippen LogP contribution in [-0.4, -0.2) is 57.4 Å². The van der Waals surface area contributed by atoms with Gasteiger partial charge in [-0.1, -0.05) is 0 Å². The molecule has 0 spiro atoms. The molecule has 3 aromatic heterocycles. The second kappa shape index (κ2) is 9.67. The van der Waals surface area contributed by atoms with Gasteiger partial charge in [-0.3, -0.25) is 14.4 Å². The lowest BCUT2D eigenvalue weighted by molar-refractivity contribution is -0.124. The van der Waals surface area contributed by atoms with E-state index >= 15 is 0 Å². The lowest BCUT2D eigenvalue weighted by Gasteiger charge is -2.22. The zero-order valence-corrected chi connectivity index (χ0v) is 21.4. The monoisotopic (exact) mass is 497 g/mol. The van der Waals surface area contributed by atoms with E-state index in [1.54, 1.807) is 0 Å². The van der Waals surface area contributed by atoms with Crippen molar-refractivity contribution in [3.63, 3.8) is 0 Å². The SMILES string of the molecule is COC(=O)c1sc2nc(CN(Cc3c(C)nn(C)c3C)C3CC3)ccc2c1NC(=O)[C@@H]1CCCO1. The molecule has 0 bridgehead atoms. The molecule has 5 rings (SSSR count). The van der Waals surface area contributed by atoms with Crippen LogP contribution >= 0.6 is 11.3 Å². The van der Waals surface area contributed by atoms with Crippen LogP contribution in [0, 0.1) is 13.8 Å². The standard InChI is InChI=1S/C25H31N5O4S/c1-14-19(15(2)29(3)28-14)13-30(17-8-9-17)12-16-7-10-18-21(27-23(31)20-6-5-11-34-20)22(25(32)33-4)35-24(18)26-16/h7,10,17,20H,5-6,8-9,11-13H2,1-4H3,(H,27,31)/t20-/m0/s1. The molecule has 4 heterocycles. The van der Waals surface area contributed by atoms with Crippen molar-refractivity contribution in [1.82, 2.24) is 19.7 Å². The van der Waals surface area contributed by atoms with Crippen LogP contribution < -0.4 is 5.32 Å². The summed E-state index contributed by atoms with van der Waals surface area (Å²) in [6.45, 7) is 6.28. The van der Waals surface area contributed by atoms with Crippen molar-refractivity contribution in [2.75, 3.05) is 19.0 Å². The number of nitrogens with one attached hydrogen (secondary N) is 1. The molecule has 0 radical (unpaired) electrons. The molecule has 186 valence electrons. The number of esters is 1. The molecule has 1 aliphatic carbocycles. The van der Waals surface area contributed by atoms with Crippen molar-refractivity contribution in [2.45, 2.75) is 64.8 Å². The minimum absolute atomic E-state index is 0.237. The first-order valence-electron chi connectivity index (χ1n) is 12.0. The average molecular weight is 498 g/mol. The number of anilines is 1. The predicted octanol–water partition coefficient (Wildman–Crippen LogP) is 3.72. The van der Waals surface area contributed by atoms with Crippen molar-refractivity contribution in [1.29, 1.82) is 0 Å². The van der Waals surface area contributed by atoms with Gasteiger partial charge in [0.15, 0.2) is 0 Å². The fourth-order valence-corrected chi connectivity index (χ4v) is 5.73. The summed E-state index contributed by atoms with van der Waals surface area (Å²) in [6.07, 6.45) is 3.41. The molecule has 10 heteroatoms. The molecule has 2 fully saturated rings. The molecule has 35 heavy (non-hydrogen) atoms. The van der Waals surface area contributed by atoms with Gasteiger partial charge >= 0.3 is 5.97 Å². The number of rotatable bonds is 8. The highest BCUT2D eigenvalue weighted by Gasteiger charge is 2.31. The Balaban J connectivity index is 1.42. The maximum atomic E-state index is 12.7. The molecule has 1 saturated heterocycles. The summed E-state index contributed by atoms with van der Waals surface area (Å²) >= 11 is 1.25. The first-order chi connectivity index (χ1) is 16.9. The third-order valence-electron chi connectivity index (χ3n) is 6.90. The van der Waals surface area contributed by atoms with Crippen LogP contribution in [0.3, 0.4) is 0 Å². The lowest BCUT2D eigenvalue weighted by Crippen LogP contribution is -2.27. The summed E-state index contributed by atoms with van der Waals surface area (Å²) in [5.74, 6) is -0.724. The van der Waals surface area contributed by atoms with Gasteiger partial charge in [0, 0.05) is 49.4 Å². The van der Waals surface area contributed by atoms with E-state index in [0.29, 0.717) is 41.0 Å². The van der Waals surface area contributed by atoms with Crippen molar-refractivity contribution in [3.8, 4) is 0 Å². The third kappa shape index (κ3) is 4.82. The molecule has 1 aliphatic heterocycles. The van der Waals surface area contributed by atoms with Crippen LogP contribution in [0.25, 0.3) is 10.2 Å². The smallest absolute Gasteiger partial charge is 0.350 e. The summed E-state index contributed by atoms with van der Waals surface area (Å²) in [6, 6.07) is 4.47. The molecule has 2 aliphatic rings. The van der Waals surface area contributed by atoms with E-state index < -0.39 is 12.1 Å². The third-order valence-corrected chi connectivity index (χ3v) is 7.98. The number of ether oxygens (including phenoxy) is 2. The Morgan fingerprint density at radius 1 is 1.26 bits per heavy atom. The summed E-state index contributed by atoms with van der Waals surface area (Å²) in [5, 5.41) is 8.22. The zero-order chi connectivity index (χ0) is 24.7. The summed E-state index contributed by atoms with van der Waals surface area (Å²) in [5.41, 5.74) is 4.90. The number of amides is 1. The van der Waals surface area contributed by atoms with Crippen LogP contribution in [0.4, 0.5) is 5.69 Å². The second-order valence-corrected chi connectivity index (χ2v) is 10.4. The first-order valence-corrected chi connectivity index (χ1v) is 12.8. The molecule has 1 amide bonds. The molecular weight excluding hydrogens is 466 g/mol. The normalized spacial score (nSPS) is 17.9. The summed E-state index contributed by atoms with van der Waals surface area (Å²) < 4.78 is 12.4. The van der Waals surface area contributed by atoms with Gasteiger partial charge in [-0.2, -0.15) is 5.10 Å². The van der Waals surface area contributed by atoms with Crippen molar-refractivity contribution in [3.05, 3.63) is 39.7 Å². The average Bonchev–Trinajstić information content (AvgIpc) is 3.33. The fourth-order valence-electron chi connectivity index (χ4n) is 4.66. The van der Waals surface area contributed by atoms with Gasteiger partial charge in [-0.05, 0) is 51.7 Å². The number of carbonyl (C=O) groups excluding carboxylic acids is 2. The maximum absolute atomic E-state index is 12.7. The van der Waals surface area contributed by atoms with Gasteiger partial charge in [-0.25, -0.2) is 9.78 Å². The van der Waals surface area contributed by atoms with Gasteiger partial charge in [0.05, 0.1) is 24.2 Å². The quantitative estimate of drug-likeness (QED) is 0.474. The predicted molar refractivity (Wildman–Crippen MR) is 134 cm³/mol. The number of hydrogen-bond donors (Lipinski definition) is 1. The Labute approximate surface area is 208 Å². The Kier molecular flexibility index (Phi) is 6.61. The van der Waals surface area contributed by atoms with Crippen molar-refractivity contribution in [2.24, 2.45) is 7.05 Å². The number of hydrogen-bond acceptors (Lipinski definition) is 8. The lowest BCUT2D eigenvalue weighted by atomic mass is 10.1. The molecule has 1 atom stereocenters. The number of fused-ring (bicyclic) bond motifs is 1. The van der Waals surface area contributed by atoms with Crippen LogP contribution in [0.1, 0.15) is 58.0 Å². The highest BCUT2D eigenvalue weighted by Crippen LogP contribution is 2.37. The van der Waals surface area contributed by atoms with Gasteiger partial charge < -0.3 is 14.8 Å². The molecule has 0 unspecified atom stereocenters. The molecule has 9 nitrogen and oxygen atoms in total. The number of methoxy groups -OCH3 is 1. The Hall–Kier alpha value is -2.82. The van der Waals surface area contributed by atoms with E-state index in [2.05, 4.69) is 29.2 Å². The highest BCUT2D eigenvalue weighted by atomic mass is 32.1. The molecular formula is C25H31N5O4S. The minimum Gasteiger partial charge on any atom is -0.465 e. The molecule has 3 aromatic rings. The molecule has 1 N–H and O–H groups in total. The van der Waals surface area contributed by atoms with Crippen LogP contribution in [-0.2, 0) is 34.4 Å². The number of thiophene rings is 1. The second-order valence-electron chi connectivity index (χ2n) is 9.35. The number of nitrogens with zero attached hydrogens (tertiary/aromatic N) is 4. The Morgan fingerprint density at radius 3 is 2.69 bits per heavy atom. The van der Waals surface area contributed by atoms with Crippen LogP contribution in [0.2, 0.25) is 0 Å². The topological polar surface area (TPSA) is 98.6 Å². The Morgan fingerprint density at radius 2 is 2.06 bits per heavy atom. The molecule has 0 aromatic carbocycles. The van der Waals surface area contributed by atoms with Gasteiger partial charge in [0.2, 0.25) is 0 Å². The summed E-state index contributed by atoms with van der Waals surface area (Å²) in [7, 11) is 3.32. The van der Waals surface area contributed by atoms with E-state index in [4.69, 9.17) is 14.5 Å². The fraction of sp³-hybridized carbons (Fsp3) is 0.520. The largest absolute Gasteiger partial charge is 0.465 e. The number of aromatic nitrogens is 3. The highest BCUT2D eigenvalue weighted by molar-refractivity contribution is 7.21. The van der Waals surface area contributed by atoms with Gasteiger partial charge in [0.25, 0.3) is 5.91 Å². The minimum atomic E-state index is -0.492. The van der Waals surface area contributed by atoms with E-state index in [0.717, 1.165) is 29.7 Å². The van der Waals surface area contributed by atoms with Gasteiger partial charge in [-0.15, -0.1) is 11.3 Å². The first kappa shape index (κ1) is 23.9. The van der Waals surface area contributed by atoms with Crippen LogP contribution in [0.15, 0.2) is 12.1 Å². The van der Waals surface area contributed by atoms with Crippen molar-refractivity contribution < 1.29 is 19.1 Å². The van der Waals surface area contributed by atoms with E-state index in [-0.39, 0.29) is 5.91 Å². The summed E-state index contributed by atoms with van der Waals surface area (Å²) in [4.78, 5) is 33.6. The number of aryl methyl sites for hydroxylation is 2. The van der Waals surface area contributed by atoms with Crippen molar-refractivity contribution >= 4 is 39.1 Å². The van der Waals surface area contributed by atoms with E-state index in [9.17, 15) is 9.59 Å². The number of pyridine rings is 1.